The van der Waals surface area contributed by atoms with Gasteiger partial charge in [0.05, 0.1) is 6.61 Å². The Morgan fingerprint density at radius 3 is 3.00 bits per heavy atom. The number of halogens is 1. The highest BCUT2D eigenvalue weighted by Crippen LogP contribution is 2.22. The molecule has 0 N–H and O–H groups in total. The summed E-state index contributed by atoms with van der Waals surface area (Å²) in [6, 6.07) is 3.71. The van der Waals surface area contributed by atoms with Crippen LogP contribution in [0.2, 0.25) is 0 Å². The van der Waals surface area contributed by atoms with Gasteiger partial charge in [0.2, 0.25) is 0 Å². The Labute approximate surface area is 113 Å². The van der Waals surface area contributed by atoms with E-state index in [2.05, 4.69) is 15.9 Å². The maximum atomic E-state index is 11.5. The molecule has 0 fully saturated rings. The number of hydrogen-bond acceptors (Lipinski definition) is 4. The maximum absolute atomic E-state index is 11.5. The van der Waals surface area contributed by atoms with Crippen LogP contribution in [0.5, 0.6) is 0 Å². The van der Waals surface area contributed by atoms with Crippen molar-refractivity contribution < 1.29 is 9.53 Å². The second-order valence-electron chi connectivity index (χ2n) is 3.33. The number of unbranched alkanes of at least 4 members (excludes halogenated alkanes) is 1. The molecule has 0 aliphatic heterocycles. The van der Waals surface area contributed by atoms with E-state index in [1.165, 1.54) is 11.3 Å². The Bertz CT molecular complexity index is 459. The second kappa shape index (κ2) is 7.25. The van der Waals surface area contributed by atoms with Crippen molar-refractivity contribution >= 4 is 39.3 Å². The summed E-state index contributed by atoms with van der Waals surface area (Å²) in [6.45, 7) is 2.38. The van der Waals surface area contributed by atoms with Crippen molar-refractivity contribution in [2.24, 2.45) is 0 Å². The third kappa shape index (κ3) is 4.72. The van der Waals surface area contributed by atoms with Gasteiger partial charge in [0.15, 0.2) is 0 Å². The fourth-order valence-corrected chi connectivity index (χ4v) is 2.45. The number of ether oxygens (including phenoxy) is 1. The third-order valence-corrected chi connectivity index (χ3v) is 3.59. The topological polar surface area (TPSA) is 50.1 Å². The van der Waals surface area contributed by atoms with Crippen LogP contribution in [0.1, 0.15) is 24.6 Å². The van der Waals surface area contributed by atoms with E-state index in [-0.39, 0.29) is 5.57 Å². The monoisotopic (exact) mass is 313 g/mol. The first-order valence-corrected chi connectivity index (χ1v) is 6.87. The molecule has 5 heteroatoms. The van der Waals surface area contributed by atoms with Gasteiger partial charge in [-0.3, -0.25) is 0 Å². The first kappa shape index (κ1) is 13.9. The van der Waals surface area contributed by atoms with Crippen LogP contribution >= 0.6 is 27.3 Å². The van der Waals surface area contributed by atoms with Gasteiger partial charge in [-0.05, 0) is 34.5 Å². The van der Waals surface area contributed by atoms with Crippen molar-refractivity contribution in [1.29, 1.82) is 5.26 Å². The zero-order valence-electron chi connectivity index (χ0n) is 9.40. The van der Waals surface area contributed by atoms with Crippen LogP contribution < -0.4 is 0 Å². The lowest BCUT2D eigenvalue weighted by Gasteiger charge is -2.01. The van der Waals surface area contributed by atoms with Crippen LogP contribution in [0.4, 0.5) is 0 Å². The first-order valence-electron chi connectivity index (χ1n) is 5.20. The predicted octanol–water partition coefficient (Wildman–Crippen LogP) is 3.76. The minimum atomic E-state index is -0.550. The summed E-state index contributed by atoms with van der Waals surface area (Å²) < 4.78 is 5.91. The molecule has 0 atom stereocenters. The standard InChI is InChI=1S/C12H12BrNO2S/c1-2-3-4-16-12(15)9(7-14)5-11-6-10(13)8-17-11/h5-6,8H,2-4H2,1H3/b9-5-. The number of carbonyl (C=O) groups excluding carboxylic acids is 1. The van der Waals surface area contributed by atoms with E-state index in [4.69, 9.17) is 10.00 Å². The lowest BCUT2D eigenvalue weighted by atomic mass is 10.2. The molecule has 0 saturated carbocycles. The Balaban J connectivity index is 2.68. The molecule has 17 heavy (non-hydrogen) atoms. The molecule has 0 amide bonds. The lowest BCUT2D eigenvalue weighted by molar-refractivity contribution is -0.138. The van der Waals surface area contributed by atoms with Crippen LogP contribution in [-0.4, -0.2) is 12.6 Å². The summed E-state index contributed by atoms with van der Waals surface area (Å²) in [5, 5.41) is 10.8. The summed E-state index contributed by atoms with van der Waals surface area (Å²) in [6.07, 6.45) is 3.31. The third-order valence-electron chi connectivity index (χ3n) is 1.95. The van der Waals surface area contributed by atoms with Gasteiger partial charge in [0.25, 0.3) is 0 Å². The summed E-state index contributed by atoms with van der Waals surface area (Å²) >= 11 is 4.77. The molecule has 1 heterocycles. The van der Waals surface area contributed by atoms with Crippen LogP contribution in [0.25, 0.3) is 6.08 Å². The zero-order chi connectivity index (χ0) is 12.7. The molecule has 0 aliphatic carbocycles. The van der Waals surface area contributed by atoms with Crippen molar-refractivity contribution in [3.63, 3.8) is 0 Å². The van der Waals surface area contributed by atoms with Gasteiger partial charge in [0.1, 0.15) is 11.6 Å². The second-order valence-corrected chi connectivity index (χ2v) is 5.19. The SMILES string of the molecule is CCCCOC(=O)/C(C#N)=C\c1cc(Br)cs1. The van der Waals surface area contributed by atoms with E-state index in [0.29, 0.717) is 6.61 Å². The van der Waals surface area contributed by atoms with Crippen molar-refractivity contribution in [3.05, 3.63) is 26.4 Å². The number of hydrogen-bond donors (Lipinski definition) is 0. The Hall–Kier alpha value is -1.12. The molecule has 0 bridgehead atoms. The van der Waals surface area contributed by atoms with Crippen molar-refractivity contribution in [2.75, 3.05) is 6.61 Å². The molecular weight excluding hydrogens is 302 g/mol. The summed E-state index contributed by atoms with van der Waals surface area (Å²) in [4.78, 5) is 12.4. The number of esters is 1. The molecule has 90 valence electrons. The Kier molecular flexibility index (Phi) is 5.95. The average Bonchev–Trinajstić information content (AvgIpc) is 2.72. The van der Waals surface area contributed by atoms with Gasteiger partial charge in [-0.1, -0.05) is 13.3 Å². The number of carbonyl (C=O) groups is 1. The van der Waals surface area contributed by atoms with Gasteiger partial charge in [-0.15, -0.1) is 11.3 Å². The molecule has 0 unspecified atom stereocenters. The van der Waals surface area contributed by atoms with Gasteiger partial charge >= 0.3 is 5.97 Å². The van der Waals surface area contributed by atoms with Crippen molar-refractivity contribution in [3.8, 4) is 6.07 Å². The van der Waals surface area contributed by atoms with E-state index < -0.39 is 5.97 Å². The highest BCUT2D eigenvalue weighted by atomic mass is 79.9. The van der Waals surface area contributed by atoms with Gasteiger partial charge in [-0.25, -0.2) is 4.79 Å². The van der Waals surface area contributed by atoms with Crippen molar-refractivity contribution in [2.45, 2.75) is 19.8 Å². The molecule has 1 rings (SSSR count). The fourth-order valence-electron chi connectivity index (χ4n) is 1.07. The minimum absolute atomic E-state index is 0.0375. The molecule has 0 radical (unpaired) electrons. The zero-order valence-corrected chi connectivity index (χ0v) is 11.8. The molecule has 0 aliphatic rings. The van der Waals surface area contributed by atoms with Crippen LogP contribution in [0.3, 0.4) is 0 Å². The molecule has 1 aromatic heterocycles. The minimum Gasteiger partial charge on any atom is -0.462 e. The van der Waals surface area contributed by atoms with E-state index in [0.717, 1.165) is 22.2 Å². The van der Waals surface area contributed by atoms with E-state index in [9.17, 15) is 4.79 Å². The smallest absolute Gasteiger partial charge is 0.348 e. The van der Waals surface area contributed by atoms with E-state index >= 15 is 0 Å². The summed E-state index contributed by atoms with van der Waals surface area (Å²) in [5.41, 5.74) is 0.0375. The number of rotatable bonds is 5. The molecule has 0 aromatic carbocycles. The van der Waals surface area contributed by atoms with E-state index in [1.54, 1.807) is 6.08 Å². The number of thiophene rings is 1. The highest BCUT2D eigenvalue weighted by Gasteiger charge is 2.10. The van der Waals surface area contributed by atoms with Crippen LogP contribution in [0, 0.1) is 11.3 Å². The summed E-state index contributed by atoms with van der Waals surface area (Å²) in [5.74, 6) is -0.550. The Morgan fingerprint density at radius 2 is 2.47 bits per heavy atom. The first-order chi connectivity index (χ1) is 8.17. The number of nitrogens with zero attached hydrogens (tertiary/aromatic N) is 1. The maximum Gasteiger partial charge on any atom is 0.348 e. The molecule has 1 aromatic rings. The average molecular weight is 314 g/mol. The lowest BCUT2D eigenvalue weighted by Crippen LogP contribution is -2.07. The normalized spacial score (nSPS) is 11.0. The highest BCUT2D eigenvalue weighted by molar-refractivity contribution is 9.10. The quantitative estimate of drug-likeness (QED) is 0.360. The van der Waals surface area contributed by atoms with Crippen molar-refractivity contribution in [1.82, 2.24) is 0 Å². The summed E-state index contributed by atoms with van der Waals surface area (Å²) in [7, 11) is 0. The van der Waals surface area contributed by atoms with E-state index in [1.807, 2.05) is 24.4 Å². The molecule has 0 saturated heterocycles. The largest absolute Gasteiger partial charge is 0.462 e. The van der Waals surface area contributed by atoms with Gasteiger partial charge in [0, 0.05) is 14.7 Å². The molecule has 3 nitrogen and oxygen atoms in total. The Morgan fingerprint density at radius 1 is 1.71 bits per heavy atom. The van der Waals surface area contributed by atoms with Crippen LogP contribution in [-0.2, 0) is 9.53 Å². The molecule has 0 spiro atoms. The predicted molar refractivity (Wildman–Crippen MR) is 71.5 cm³/mol. The van der Waals surface area contributed by atoms with Gasteiger partial charge < -0.3 is 4.74 Å². The molecular formula is C12H12BrNO2S. The number of nitriles is 1. The van der Waals surface area contributed by atoms with Crippen LogP contribution in [0.15, 0.2) is 21.5 Å². The van der Waals surface area contributed by atoms with Gasteiger partial charge in [-0.2, -0.15) is 5.26 Å². The fraction of sp³-hybridized carbons (Fsp3) is 0.333.